The van der Waals surface area contributed by atoms with Crippen LogP contribution in [0.5, 0.6) is 0 Å². The number of nitrogens with one attached hydrogen (secondary N) is 5. The maximum absolute atomic E-state index is 14.1. The summed E-state index contributed by atoms with van der Waals surface area (Å²) in [6.07, 6.45) is -4.88. The molecule has 2 aromatic rings. The number of nitrogens with two attached hydrogens (primary N) is 1. The van der Waals surface area contributed by atoms with Crippen molar-refractivity contribution in [1.29, 1.82) is 0 Å². The lowest BCUT2D eigenvalue weighted by Gasteiger charge is -2.25. The van der Waals surface area contributed by atoms with Crippen molar-refractivity contribution < 1.29 is 77.9 Å². The van der Waals surface area contributed by atoms with Gasteiger partial charge in [-0.15, -0.1) is 0 Å². The molecule has 0 aromatic heterocycles. The molecule has 2 unspecified atom stereocenters. The van der Waals surface area contributed by atoms with E-state index in [1.54, 1.807) is 60.7 Å². The van der Waals surface area contributed by atoms with Gasteiger partial charge in [-0.3, -0.25) is 43.2 Å². The Morgan fingerprint density at radius 3 is 1.79 bits per heavy atom. The predicted molar refractivity (Wildman–Crippen MR) is 234 cm³/mol. The topological polar surface area (TPSA) is 364 Å². The molecule has 5 amide bonds. The van der Waals surface area contributed by atoms with Gasteiger partial charge in [0.25, 0.3) is 6.47 Å². The zero-order valence-electron chi connectivity index (χ0n) is 35.8. The fourth-order valence-corrected chi connectivity index (χ4v) is 6.79. The molecule has 66 heavy (non-hydrogen) atoms. The van der Waals surface area contributed by atoms with Gasteiger partial charge < -0.3 is 57.5 Å². The first-order valence-corrected chi connectivity index (χ1v) is 21.3. The molecule has 11 N–H and O–H groups in total. The molecule has 7 atom stereocenters. The van der Waals surface area contributed by atoms with Gasteiger partial charge >= 0.3 is 29.9 Å². The molecule has 0 fully saturated rings. The Labute approximate surface area is 384 Å². The van der Waals surface area contributed by atoms with Crippen LogP contribution < -0.4 is 32.3 Å². The van der Waals surface area contributed by atoms with Crippen molar-refractivity contribution in [3.63, 3.8) is 0 Å². The number of thiol groups is 1. The first-order valence-electron chi connectivity index (χ1n) is 20.7. The number of Topliss-reactive ketones (excluding diaryl/α,β-unsaturated/α-hetero) is 2. The molecule has 0 aliphatic rings. The highest BCUT2D eigenvalue weighted by Crippen LogP contribution is 2.19. The number of ketones is 2. The number of carbonyl (C=O) groups excluding carboxylic acids is 7. The van der Waals surface area contributed by atoms with Crippen molar-refractivity contribution in [2.24, 2.45) is 23.5 Å². The van der Waals surface area contributed by atoms with E-state index in [9.17, 15) is 68.1 Å². The number of hydrogen-bond acceptors (Lipinski definition) is 14. The van der Waals surface area contributed by atoms with Crippen LogP contribution in [0.3, 0.4) is 0 Å². The van der Waals surface area contributed by atoms with E-state index < -0.39 is 146 Å². The summed E-state index contributed by atoms with van der Waals surface area (Å²) in [5.41, 5.74) is 7.58. The van der Waals surface area contributed by atoms with E-state index in [1.807, 2.05) is 0 Å². The van der Waals surface area contributed by atoms with E-state index in [0.29, 0.717) is 11.1 Å². The van der Waals surface area contributed by atoms with E-state index in [4.69, 9.17) is 10.8 Å². The third-order valence-electron chi connectivity index (χ3n) is 10.1. The van der Waals surface area contributed by atoms with Gasteiger partial charge in [0.1, 0.15) is 11.8 Å². The lowest BCUT2D eigenvalue weighted by atomic mass is 9.86. The van der Waals surface area contributed by atoms with Crippen molar-refractivity contribution in [1.82, 2.24) is 26.6 Å². The predicted octanol–water partition coefficient (Wildman–Crippen LogP) is 0.0590. The molecule has 0 aliphatic carbocycles. The number of amides is 5. The molecule has 360 valence electrons. The number of ether oxygens (including phenoxy) is 1. The number of hydrogen-bond donors (Lipinski definition) is 11. The normalized spacial score (nSPS) is 14.0. The van der Waals surface area contributed by atoms with Crippen LogP contribution in [0.15, 0.2) is 60.7 Å². The molecule has 23 heteroatoms. The average molecular weight is 945 g/mol. The van der Waals surface area contributed by atoms with E-state index in [-0.39, 0.29) is 44.5 Å². The van der Waals surface area contributed by atoms with E-state index >= 15 is 0 Å². The Kier molecular flexibility index (Phi) is 24.7. The van der Waals surface area contributed by atoms with Crippen LogP contribution in [0.25, 0.3) is 0 Å². The molecule has 2 rings (SSSR count). The highest BCUT2D eigenvalue weighted by molar-refractivity contribution is 7.80. The maximum Gasteiger partial charge on any atom is 0.326 e. The summed E-state index contributed by atoms with van der Waals surface area (Å²) in [4.78, 5) is 135. The minimum atomic E-state index is -1.59. The lowest BCUT2D eigenvalue weighted by Crippen LogP contribution is -2.50. The van der Waals surface area contributed by atoms with E-state index in [0.717, 1.165) is 0 Å². The van der Waals surface area contributed by atoms with Crippen molar-refractivity contribution in [2.45, 2.75) is 88.6 Å². The minimum absolute atomic E-state index is 0.0175. The van der Waals surface area contributed by atoms with Gasteiger partial charge in [0.2, 0.25) is 17.7 Å². The Morgan fingerprint density at radius 2 is 1.24 bits per heavy atom. The van der Waals surface area contributed by atoms with Crippen LogP contribution in [0.4, 0.5) is 4.79 Å². The number of carboxylic acid groups (broad SMARTS) is 4. The largest absolute Gasteiger partial charge is 0.481 e. The summed E-state index contributed by atoms with van der Waals surface area (Å²) in [6.45, 7) is -0.662. The molecule has 0 spiro atoms. The molecule has 0 saturated carbocycles. The molecule has 22 nitrogen and oxygen atoms in total. The number of carboxylic acids is 4. The summed E-state index contributed by atoms with van der Waals surface area (Å²) in [7, 11) is 0. The van der Waals surface area contributed by atoms with Gasteiger partial charge in [-0.2, -0.15) is 12.6 Å². The highest BCUT2D eigenvalue weighted by atomic mass is 32.1. The fourth-order valence-electron chi connectivity index (χ4n) is 6.50. The smallest absolute Gasteiger partial charge is 0.326 e. The van der Waals surface area contributed by atoms with E-state index in [1.165, 1.54) is 0 Å². The molecule has 0 bridgehead atoms. The molecule has 0 aliphatic heterocycles. The van der Waals surface area contributed by atoms with Crippen molar-refractivity contribution in [2.75, 3.05) is 18.8 Å². The number of carbonyl (C=O) groups is 11. The second kappa shape index (κ2) is 29.5. The second-order valence-electron chi connectivity index (χ2n) is 15.2. The summed E-state index contributed by atoms with van der Waals surface area (Å²) < 4.78 is 4.60. The minimum Gasteiger partial charge on any atom is -0.481 e. The Balaban J connectivity index is 2.13. The standard InChI is InChI=1S/C43H56N6O16S/c44-30(29(21-39(57)58)33(51)20-28(23-66)41(60)61)22-46-40(59)27(17-25-7-3-1-4-8-25)19-34(52)32(18-26-9-5-2-6-10-26)47-36(54)15-16-45-35(53)12-11-31(42(62)63)48-43(64)49-37(65-24-50)13-14-38(55)56/h1-10,24,27-32,37,66H,11-23,44H2,(H,45,53)(H,46,59)(H,47,54)(H,55,56)(H,57,58)(H,60,61)(H,62,63)(H2,48,49,64)/t27?,28-,29-,30+,31+,32?,37-/m1/s1. The zero-order chi connectivity index (χ0) is 49.2. The molecular weight excluding hydrogens is 889 g/mol. The second-order valence-corrected chi connectivity index (χ2v) is 15.5. The van der Waals surface area contributed by atoms with Gasteiger partial charge in [0, 0.05) is 68.8 Å². The first kappa shape index (κ1) is 55.3. The van der Waals surface area contributed by atoms with Crippen LogP contribution in [0.2, 0.25) is 0 Å². The molecule has 2 aromatic carbocycles. The Bertz CT molecular complexity index is 1990. The molecule has 0 radical (unpaired) electrons. The number of benzene rings is 2. The third-order valence-corrected chi connectivity index (χ3v) is 10.5. The quantitative estimate of drug-likeness (QED) is 0.0256. The van der Waals surface area contributed by atoms with Gasteiger partial charge in [0.05, 0.1) is 24.8 Å². The summed E-state index contributed by atoms with van der Waals surface area (Å²) in [5, 5.41) is 49.2. The third kappa shape index (κ3) is 21.7. The van der Waals surface area contributed by atoms with Gasteiger partial charge in [-0.25, -0.2) is 9.59 Å². The Morgan fingerprint density at radius 1 is 0.636 bits per heavy atom. The van der Waals surface area contributed by atoms with E-state index in [2.05, 4.69) is 43.9 Å². The molecule has 0 saturated heterocycles. The lowest BCUT2D eigenvalue weighted by molar-refractivity contribution is -0.144. The average Bonchev–Trinajstić information content (AvgIpc) is 3.26. The molecule has 0 heterocycles. The summed E-state index contributed by atoms with van der Waals surface area (Å²) in [5.74, 6) is -12.5. The van der Waals surface area contributed by atoms with Crippen molar-refractivity contribution in [3.05, 3.63) is 71.8 Å². The van der Waals surface area contributed by atoms with Crippen LogP contribution in [0.1, 0.15) is 62.5 Å². The first-order chi connectivity index (χ1) is 31.3. The van der Waals surface area contributed by atoms with Gasteiger partial charge in [-0.1, -0.05) is 60.7 Å². The van der Waals surface area contributed by atoms with Crippen LogP contribution in [0, 0.1) is 17.8 Å². The zero-order valence-corrected chi connectivity index (χ0v) is 36.7. The number of aliphatic carboxylic acids is 4. The monoisotopic (exact) mass is 944 g/mol. The van der Waals surface area contributed by atoms with Crippen LogP contribution in [-0.2, 0) is 65.5 Å². The fraction of sp³-hybridized carbons (Fsp3) is 0.465. The van der Waals surface area contributed by atoms with Crippen LogP contribution in [-0.4, -0.2) is 129 Å². The summed E-state index contributed by atoms with van der Waals surface area (Å²) in [6, 6.07) is 12.2. The number of rotatable bonds is 33. The Hall–Kier alpha value is -6.88. The maximum atomic E-state index is 14.1. The highest BCUT2D eigenvalue weighted by Gasteiger charge is 2.33. The SMILES string of the molecule is N[C@@H](CNC(=O)C(CC(=O)C(Cc1ccccc1)NC(=O)CCNC(=O)CC[C@H](NC(=O)N[C@@H](CCC(=O)O)OC=O)C(=O)O)Cc1ccccc1)[C@@H](CC(=O)O)C(=O)C[C@H](CS)C(=O)O. The summed E-state index contributed by atoms with van der Waals surface area (Å²) >= 11 is 3.96. The van der Waals surface area contributed by atoms with Crippen molar-refractivity contribution in [3.8, 4) is 0 Å². The van der Waals surface area contributed by atoms with Crippen LogP contribution >= 0.6 is 12.6 Å². The van der Waals surface area contributed by atoms with Crippen molar-refractivity contribution >= 4 is 78.3 Å². The van der Waals surface area contributed by atoms with Gasteiger partial charge in [0.15, 0.2) is 12.0 Å². The number of urea groups is 1. The van der Waals surface area contributed by atoms with Gasteiger partial charge in [-0.05, 0) is 30.4 Å². The molecular formula is C43H56N6O16S.